The van der Waals surface area contributed by atoms with E-state index in [9.17, 15) is 0 Å². The van der Waals surface area contributed by atoms with Gasteiger partial charge in [0.15, 0.2) is 11.0 Å². The second kappa shape index (κ2) is 6.34. The molecule has 1 aliphatic carbocycles. The maximum atomic E-state index is 5.91. The molecule has 18 heavy (non-hydrogen) atoms. The molecule has 1 aromatic heterocycles. The third-order valence-corrected chi connectivity index (χ3v) is 3.87. The Hall–Kier alpha value is -0.870. The first-order valence-corrected chi connectivity index (χ1v) is 6.91. The number of nitrogens with one attached hydrogen (secondary N) is 1. The van der Waals surface area contributed by atoms with Crippen molar-refractivity contribution in [2.24, 2.45) is 0 Å². The van der Waals surface area contributed by atoms with Gasteiger partial charge in [-0.15, -0.1) is 10.2 Å². The van der Waals surface area contributed by atoms with Gasteiger partial charge < -0.3 is 10.1 Å². The first-order valence-electron chi connectivity index (χ1n) is 6.53. The summed E-state index contributed by atoms with van der Waals surface area (Å²) in [6.07, 6.45) is 5.49. The molecule has 2 rings (SSSR count). The van der Waals surface area contributed by atoms with Gasteiger partial charge in [-0.1, -0.05) is 24.4 Å². The fourth-order valence-electron chi connectivity index (χ4n) is 2.19. The minimum absolute atomic E-state index is 0.464. The Balaban J connectivity index is 1.77. The van der Waals surface area contributed by atoms with Crippen LogP contribution in [0.2, 0.25) is 5.15 Å². The lowest BCUT2D eigenvalue weighted by molar-refractivity contribution is 0.0658. The number of rotatable bonds is 5. The highest BCUT2D eigenvalue weighted by molar-refractivity contribution is 6.30. The molecule has 5 heteroatoms. The molecule has 0 amide bonds. The minimum atomic E-state index is 0.464. The molecule has 0 aliphatic heterocycles. The van der Waals surface area contributed by atoms with Crippen molar-refractivity contribution in [2.75, 3.05) is 18.5 Å². The Labute approximate surface area is 113 Å². The summed E-state index contributed by atoms with van der Waals surface area (Å²) in [4.78, 5) is 0. The number of hydrogen-bond acceptors (Lipinski definition) is 4. The minimum Gasteiger partial charge on any atom is -0.376 e. The summed E-state index contributed by atoms with van der Waals surface area (Å²) >= 11 is 5.91. The number of nitrogens with zero attached hydrogens (tertiary/aromatic N) is 2. The fourth-order valence-corrected chi connectivity index (χ4v) is 2.37. The summed E-state index contributed by atoms with van der Waals surface area (Å²) in [6.45, 7) is 5.42. The van der Waals surface area contributed by atoms with E-state index in [0.717, 1.165) is 23.5 Å². The van der Waals surface area contributed by atoms with Gasteiger partial charge >= 0.3 is 0 Å². The third kappa shape index (κ3) is 3.33. The van der Waals surface area contributed by atoms with Crippen LogP contribution >= 0.6 is 11.6 Å². The van der Waals surface area contributed by atoms with Crippen LogP contribution in [0, 0.1) is 13.8 Å². The van der Waals surface area contributed by atoms with Gasteiger partial charge in [-0.2, -0.15) is 0 Å². The van der Waals surface area contributed by atoms with Crippen molar-refractivity contribution in [1.29, 1.82) is 0 Å². The molecule has 0 spiro atoms. The molecular formula is C13H20ClN3O. The average molecular weight is 270 g/mol. The topological polar surface area (TPSA) is 47.0 Å². The van der Waals surface area contributed by atoms with E-state index in [2.05, 4.69) is 15.5 Å². The van der Waals surface area contributed by atoms with Gasteiger partial charge in [0.25, 0.3) is 0 Å². The molecule has 4 nitrogen and oxygen atoms in total. The van der Waals surface area contributed by atoms with Gasteiger partial charge in [-0.3, -0.25) is 0 Å². The average Bonchev–Trinajstić information content (AvgIpc) is 2.87. The Morgan fingerprint density at radius 1 is 1.22 bits per heavy atom. The molecule has 0 saturated heterocycles. The summed E-state index contributed by atoms with van der Waals surface area (Å²) < 4.78 is 5.78. The van der Waals surface area contributed by atoms with Crippen LogP contribution in [0.5, 0.6) is 0 Å². The van der Waals surface area contributed by atoms with Gasteiger partial charge in [-0.25, -0.2) is 0 Å². The molecule has 1 N–H and O–H groups in total. The lowest BCUT2D eigenvalue weighted by Crippen LogP contribution is -2.16. The lowest BCUT2D eigenvalue weighted by Gasteiger charge is -2.13. The maximum Gasteiger partial charge on any atom is 0.155 e. The van der Waals surface area contributed by atoms with Crippen LogP contribution in [-0.4, -0.2) is 29.5 Å². The molecule has 1 fully saturated rings. The van der Waals surface area contributed by atoms with Gasteiger partial charge in [0.05, 0.1) is 12.7 Å². The molecule has 0 atom stereocenters. The molecule has 0 aromatic carbocycles. The third-order valence-electron chi connectivity index (χ3n) is 3.52. The zero-order valence-corrected chi connectivity index (χ0v) is 11.8. The second-order valence-corrected chi connectivity index (χ2v) is 5.15. The predicted octanol–water partition coefficient (Wildman–Crippen LogP) is 3.12. The second-order valence-electron chi connectivity index (χ2n) is 4.79. The fraction of sp³-hybridized carbons (Fsp3) is 0.692. The van der Waals surface area contributed by atoms with Crippen LogP contribution in [0.25, 0.3) is 0 Å². The zero-order valence-electron chi connectivity index (χ0n) is 11.0. The Morgan fingerprint density at radius 3 is 2.67 bits per heavy atom. The van der Waals surface area contributed by atoms with Gasteiger partial charge in [0.1, 0.15) is 0 Å². The molecule has 100 valence electrons. The Bertz CT molecular complexity index is 405. The number of hydrogen-bond donors (Lipinski definition) is 1. The summed E-state index contributed by atoms with van der Waals surface area (Å²) in [7, 11) is 0. The monoisotopic (exact) mass is 269 g/mol. The van der Waals surface area contributed by atoms with E-state index in [1.165, 1.54) is 25.7 Å². The molecule has 1 heterocycles. The quantitative estimate of drug-likeness (QED) is 0.835. The number of halogens is 1. The van der Waals surface area contributed by atoms with Gasteiger partial charge in [0.2, 0.25) is 0 Å². The van der Waals surface area contributed by atoms with Crippen molar-refractivity contribution >= 4 is 17.4 Å². The van der Waals surface area contributed by atoms with Crippen LogP contribution in [0.3, 0.4) is 0 Å². The number of aromatic nitrogens is 2. The predicted molar refractivity (Wildman–Crippen MR) is 73.2 cm³/mol. The maximum absolute atomic E-state index is 5.91. The molecule has 1 saturated carbocycles. The SMILES string of the molecule is Cc1c(Cl)nnc(NCCOC2CCCC2)c1C. The first kappa shape index (κ1) is 13.6. The normalized spacial score (nSPS) is 16.2. The highest BCUT2D eigenvalue weighted by Crippen LogP contribution is 2.21. The summed E-state index contributed by atoms with van der Waals surface area (Å²) in [6, 6.07) is 0. The van der Waals surface area contributed by atoms with Crippen LogP contribution in [0.15, 0.2) is 0 Å². The van der Waals surface area contributed by atoms with Crippen molar-refractivity contribution < 1.29 is 4.74 Å². The Kier molecular flexibility index (Phi) is 4.78. The molecule has 0 bridgehead atoms. The van der Waals surface area contributed by atoms with E-state index in [4.69, 9.17) is 16.3 Å². The van der Waals surface area contributed by atoms with E-state index >= 15 is 0 Å². The van der Waals surface area contributed by atoms with Crippen molar-refractivity contribution in [3.63, 3.8) is 0 Å². The van der Waals surface area contributed by atoms with Crippen molar-refractivity contribution in [1.82, 2.24) is 10.2 Å². The van der Waals surface area contributed by atoms with E-state index in [0.29, 0.717) is 17.9 Å². The summed E-state index contributed by atoms with van der Waals surface area (Å²) in [5, 5.41) is 11.7. The molecule has 1 aromatic rings. The van der Waals surface area contributed by atoms with E-state index < -0.39 is 0 Å². The smallest absolute Gasteiger partial charge is 0.155 e. The van der Waals surface area contributed by atoms with Crippen molar-refractivity contribution in [3.05, 3.63) is 16.3 Å². The highest BCUT2D eigenvalue weighted by Gasteiger charge is 2.14. The summed E-state index contributed by atoms with van der Waals surface area (Å²) in [5.41, 5.74) is 2.03. The Morgan fingerprint density at radius 2 is 1.94 bits per heavy atom. The standard InChI is InChI=1S/C13H20ClN3O/c1-9-10(2)13(17-16-12(9)14)15-7-8-18-11-5-3-4-6-11/h11H,3-8H2,1-2H3,(H,15,17). The lowest BCUT2D eigenvalue weighted by atomic mass is 10.2. The molecule has 0 unspecified atom stereocenters. The van der Waals surface area contributed by atoms with E-state index in [1.807, 2.05) is 13.8 Å². The van der Waals surface area contributed by atoms with Crippen LogP contribution in [-0.2, 0) is 4.74 Å². The first-order chi connectivity index (χ1) is 8.68. The van der Waals surface area contributed by atoms with Crippen molar-refractivity contribution in [3.8, 4) is 0 Å². The largest absolute Gasteiger partial charge is 0.376 e. The van der Waals surface area contributed by atoms with Crippen LogP contribution in [0.4, 0.5) is 5.82 Å². The molecule has 1 aliphatic rings. The highest BCUT2D eigenvalue weighted by atomic mass is 35.5. The van der Waals surface area contributed by atoms with Gasteiger partial charge in [-0.05, 0) is 37.8 Å². The summed E-state index contributed by atoms with van der Waals surface area (Å²) in [5.74, 6) is 0.798. The molecule has 0 radical (unpaired) electrons. The number of ether oxygens (including phenoxy) is 1. The van der Waals surface area contributed by atoms with Gasteiger partial charge in [0, 0.05) is 6.54 Å². The van der Waals surface area contributed by atoms with Crippen LogP contribution in [0.1, 0.15) is 36.8 Å². The zero-order chi connectivity index (χ0) is 13.0. The molecular weight excluding hydrogens is 250 g/mol. The van der Waals surface area contributed by atoms with Crippen molar-refractivity contribution in [2.45, 2.75) is 45.6 Å². The van der Waals surface area contributed by atoms with Crippen LogP contribution < -0.4 is 5.32 Å². The van der Waals surface area contributed by atoms with E-state index in [-0.39, 0.29) is 0 Å². The van der Waals surface area contributed by atoms with E-state index in [1.54, 1.807) is 0 Å². The number of anilines is 1.